The highest BCUT2D eigenvalue weighted by Gasteiger charge is 2.38. The van der Waals surface area contributed by atoms with E-state index in [-0.39, 0.29) is 29.9 Å². The normalized spacial score (nSPS) is 12.2. The van der Waals surface area contributed by atoms with Crippen LogP contribution in [0.15, 0.2) is 47.5 Å². The van der Waals surface area contributed by atoms with E-state index in [0.29, 0.717) is 21.0 Å². The second kappa shape index (κ2) is 8.14. The zero-order valence-electron chi connectivity index (χ0n) is 16.4. The van der Waals surface area contributed by atoms with Crippen LogP contribution >= 0.6 is 0 Å². The number of aliphatic carboxylic acids is 1. The van der Waals surface area contributed by atoms with E-state index in [9.17, 15) is 26.4 Å². The fraction of sp³-hybridized carbons (Fsp3) is 0.250. The van der Waals surface area contributed by atoms with E-state index in [1.165, 1.54) is 32.4 Å². The van der Waals surface area contributed by atoms with Gasteiger partial charge in [0.1, 0.15) is 4.90 Å². The molecular weight excluding hydrogens is 439 g/mol. The summed E-state index contributed by atoms with van der Waals surface area (Å²) in [4.78, 5) is 10.1. The number of hydrogen-bond acceptors (Lipinski definition) is 5. The Balaban J connectivity index is 2.32. The monoisotopic (exact) mass is 457 g/mol. The number of ether oxygens (including phenoxy) is 2. The third kappa shape index (κ3) is 4.18. The minimum atomic E-state index is -4.89. The number of carboxylic acid groups (broad SMARTS) is 1. The van der Waals surface area contributed by atoms with E-state index in [0.717, 1.165) is 18.3 Å². The van der Waals surface area contributed by atoms with Gasteiger partial charge in [-0.25, -0.2) is 12.4 Å². The van der Waals surface area contributed by atoms with Gasteiger partial charge < -0.3 is 14.6 Å². The van der Waals surface area contributed by atoms with Crippen LogP contribution in [0.1, 0.15) is 17.5 Å². The van der Waals surface area contributed by atoms with Crippen molar-refractivity contribution < 1.29 is 41.0 Å². The van der Waals surface area contributed by atoms with Gasteiger partial charge in [-0.15, -0.1) is 0 Å². The SMILES string of the molecule is COc1cc2c(CCC(=O)O)cn(S(=O)(=O)c3ccccc3C(F)(F)F)c2cc1OC. The third-order valence-electron chi connectivity index (χ3n) is 4.70. The number of aryl methyl sites for hydroxylation is 1. The average Bonchev–Trinajstić information content (AvgIpc) is 3.08. The predicted octanol–water partition coefficient (Wildman–Crippen LogP) is 3.93. The summed E-state index contributed by atoms with van der Waals surface area (Å²) >= 11 is 0. The molecule has 1 aromatic heterocycles. The summed E-state index contributed by atoms with van der Waals surface area (Å²) in [5, 5.41) is 9.33. The summed E-state index contributed by atoms with van der Waals surface area (Å²) in [5.74, 6) is -0.678. The summed E-state index contributed by atoms with van der Waals surface area (Å²) in [5.41, 5.74) is -0.939. The molecule has 0 spiro atoms. The maximum absolute atomic E-state index is 13.5. The lowest BCUT2D eigenvalue weighted by atomic mass is 10.1. The Morgan fingerprint density at radius 2 is 1.71 bits per heavy atom. The maximum Gasteiger partial charge on any atom is 0.417 e. The first kappa shape index (κ1) is 22.5. The first-order chi connectivity index (χ1) is 14.5. The molecule has 11 heteroatoms. The van der Waals surface area contributed by atoms with Crippen LogP contribution in [-0.4, -0.2) is 37.7 Å². The van der Waals surface area contributed by atoms with Crippen LogP contribution in [-0.2, 0) is 27.4 Å². The number of aromatic nitrogens is 1. The summed E-state index contributed by atoms with van der Waals surface area (Å²) in [6.07, 6.45) is -4.09. The molecule has 7 nitrogen and oxygen atoms in total. The lowest BCUT2D eigenvalue weighted by molar-refractivity contribution is -0.140. The lowest BCUT2D eigenvalue weighted by Crippen LogP contribution is -2.18. The van der Waals surface area contributed by atoms with E-state index < -0.39 is 32.6 Å². The van der Waals surface area contributed by atoms with Crippen molar-refractivity contribution in [1.29, 1.82) is 0 Å². The molecule has 1 N–H and O–H groups in total. The van der Waals surface area contributed by atoms with Gasteiger partial charge in [0, 0.05) is 24.1 Å². The van der Waals surface area contributed by atoms with Crippen LogP contribution in [0.4, 0.5) is 13.2 Å². The Hall–Kier alpha value is -3.21. The molecule has 1 heterocycles. The number of halogens is 3. The molecule has 0 bridgehead atoms. The van der Waals surface area contributed by atoms with Gasteiger partial charge in [0.2, 0.25) is 0 Å². The van der Waals surface area contributed by atoms with Crippen LogP contribution in [0.3, 0.4) is 0 Å². The molecule has 0 saturated carbocycles. The summed E-state index contributed by atoms with van der Waals surface area (Å²) < 4.78 is 78.1. The minimum Gasteiger partial charge on any atom is -0.493 e. The molecule has 166 valence electrons. The predicted molar refractivity (Wildman–Crippen MR) is 105 cm³/mol. The number of benzene rings is 2. The van der Waals surface area contributed by atoms with Gasteiger partial charge in [-0.05, 0) is 30.2 Å². The molecule has 2 aromatic carbocycles. The van der Waals surface area contributed by atoms with Crippen LogP contribution < -0.4 is 9.47 Å². The number of carboxylic acids is 1. The highest BCUT2D eigenvalue weighted by Crippen LogP contribution is 2.39. The van der Waals surface area contributed by atoms with Gasteiger partial charge in [-0.3, -0.25) is 4.79 Å². The highest BCUT2D eigenvalue weighted by molar-refractivity contribution is 7.90. The molecule has 0 radical (unpaired) electrons. The Labute approximate surface area is 175 Å². The summed E-state index contributed by atoms with van der Waals surface area (Å²) in [6, 6.07) is 6.65. The number of hydrogen-bond donors (Lipinski definition) is 1. The largest absolute Gasteiger partial charge is 0.493 e. The van der Waals surface area contributed by atoms with Crippen LogP contribution in [0.5, 0.6) is 11.5 Å². The molecule has 0 aliphatic rings. The van der Waals surface area contributed by atoms with E-state index in [1.54, 1.807) is 0 Å². The Bertz CT molecular complexity index is 1250. The van der Waals surface area contributed by atoms with Gasteiger partial charge in [-0.2, -0.15) is 13.2 Å². The topological polar surface area (TPSA) is 94.8 Å². The van der Waals surface area contributed by atoms with Crippen molar-refractivity contribution in [1.82, 2.24) is 3.97 Å². The van der Waals surface area contributed by atoms with Crippen molar-refractivity contribution in [2.75, 3.05) is 14.2 Å². The average molecular weight is 457 g/mol. The van der Waals surface area contributed by atoms with Gasteiger partial charge in [0.05, 0.1) is 25.3 Å². The van der Waals surface area contributed by atoms with Crippen molar-refractivity contribution in [2.45, 2.75) is 23.9 Å². The zero-order chi connectivity index (χ0) is 23.0. The fourth-order valence-corrected chi connectivity index (χ4v) is 4.86. The molecule has 0 aliphatic heterocycles. The quantitative estimate of drug-likeness (QED) is 0.578. The molecule has 0 fully saturated rings. The maximum atomic E-state index is 13.5. The molecule has 0 aliphatic carbocycles. The van der Waals surface area contributed by atoms with E-state index in [1.807, 2.05) is 0 Å². The van der Waals surface area contributed by atoms with E-state index >= 15 is 0 Å². The highest BCUT2D eigenvalue weighted by atomic mass is 32.2. The smallest absolute Gasteiger partial charge is 0.417 e. The van der Waals surface area contributed by atoms with Crippen molar-refractivity contribution in [3.63, 3.8) is 0 Å². The lowest BCUT2D eigenvalue weighted by Gasteiger charge is -2.15. The van der Waals surface area contributed by atoms with E-state index in [2.05, 4.69) is 0 Å². The van der Waals surface area contributed by atoms with Crippen molar-refractivity contribution in [3.8, 4) is 11.5 Å². The van der Waals surface area contributed by atoms with Crippen LogP contribution in [0, 0.1) is 0 Å². The van der Waals surface area contributed by atoms with Crippen molar-refractivity contribution >= 4 is 26.9 Å². The second-order valence-electron chi connectivity index (χ2n) is 6.57. The molecule has 31 heavy (non-hydrogen) atoms. The van der Waals surface area contributed by atoms with Gasteiger partial charge in [-0.1, -0.05) is 12.1 Å². The zero-order valence-corrected chi connectivity index (χ0v) is 17.2. The number of nitrogens with zero attached hydrogens (tertiary/aromatic N) is 1. The molecule has 0 saturated heterocycles. The molecule has 0 atom stereocenters. The Kier molecular flexibility index (Phi) is 5.90. The minimum absolute atomic E-state index is 0.0370. The fourth-order valence-electron chi connectivity index (χ4n) is 3.26. The van der Waals surface area contributed by atoms with Crippen molar-refractivity contribution in [3.05, 3.63) is 53.7 Å². The first-order valence-corrected chi connectivity index (χ1v) is 10.3. The van der Waals surface area contributed by atoms with Crippen LogP contribution in [0.2, 0.25) is 0 Å². The van der Waals surface area contributed by atoms with Crippen LogP contribution in [0.25, 0.3) is 10.9 Å². The molecule has 0 amide bonds. The number of rotatable bonds is 7. The first-order valence-electron chi connectivity index (χ1n) is 8.90. The molecule has 0 unspecified atom stereocenters. The standard InChI is InChI=1S/C20H18F3NO6S/c1-29-16-9-13-12(7-8-19(25)26)11-24(15(13)10-17(16)30-2)31(27,28)18-6-4-3-5-14(18)20(21,22)23/h3-6,9-11H,7-8H2,1-2H3,(H,25,26). The summed E-state index contributed by atoms with van der Waals surface area (Å²) in [7, 11) is -1.99. The molecule has 3 rings (SSSR count). The second-order valence-corrected chi connectivity index (χ2v) is 8.35. The van der Waals surface area contributed by atoms with Crippen molar-refractivity contribution in [2.24, 2.45) is 0 Å². The third-order valence-corrected chi connectivity index (χ3v) is 6.43. The Morgan fingerprint density at radius 1 is 1.10 bits per heavy atom. The molecule has 3 aromatic rings. The number of alkyl halides is 3. The van der Waals surface area contributed by atoms with Gasteiger partial charge in [0.15, 0.2) is 11.5 Å². The summed E-state index contributed by atoms with van der Waals surface area (Å²) in [6.45, 7) is 0. The number of carbonyl (C=O) groups is 1. The Morgan fingerprint density at radius 3 is 2.29 bits per heavy atom. The number of methoxy groups -OCH3 is 2. The number of fused-ring (bicyclic) bond motifs is 1. The molecular formula is C20H18F3NO6S. The van der Waals surface area contributed by atoms with E-state index in [4.69, 9.17) is 14.6 Å². The van der Waals surface area contributed by atoms with Gasteiger partial charge in [0.25, 0.3) is 10.0 Å². The van der Waals surface area contributed by atoms with Gasteiger partial charge >= 0.3 is 12.1 Å².